The lowest BCUT2D eigenvalue weighted by Gasteiger charge is -2.33. The molecule has 26 heavy (non-hydrogen) atoms. The summed E-state index contributed by atoms with van der Waals surface area (Å²) in [6.07, 6.45) is 1.47. The number of hydrogen-bond acceptors (Lipinski definition) is 5. The number of carbonyl (C=O) groups excluding carboxylic acids is 1. The van der Waals surface area contributed by atoms with E-state index in [1.807, 2.05) is 6.07 Å². The summed E-state index contributed by atoms with van der Waals surface area (Å²) in [6, 6.07) is 6.35. The molecule has 2 aliphatic rings. The second-order valence-electron chi connectivity index (χ2n) is 7.38. The number of amides is 1. The Balaban J connectivity index is 1.78. The number of ether oxygens (including phenoxy) is 2. The molecule has 0 aromatic heterocycles. The van der Waals surface area contributed by atoms with Crippen LogP contribution in [0.3, 0.4) is 0 Å². The molecule has 6 heteroatoms. The molecule has 0 radical (unpaired) electrons. The van der Waals surface area contributed by atoms with Gasteiger partial charge in [0.15, 0.2) is 0 Å². The lowest BCUT2D eigenvalue weighted by Crippen LogP contribution is -2.38. The van der Waals surface area contributed by atoms with Crippen LogP contribution in [0.25, 0.3) is 0 Å². The summed E-state index contributed by atoms with van der Waals surface area (Å²) in [5.41, 5.74) is 3.18. The highest BCUT2D eigenvalue weighted by Crippen LogP contribution is 2.32. The first-order valence-electron chi connectivity index (χ1n) is 9.73. The quantitative estimate of drug-likeness (QED) is 0.844. The molecule has 0 saturated carbocycles. The first-order valence-corrected chi connectivity index (χ1v) is 9.73. The summed E-state index contributed by atoms with van der Waals surface area (Å²) in [5, 5.41) is 3.13. The predicted octanol–water partition coefficient (Wildman–Crippen LogP) is 2.73. The van der Waals surface area contributed by atoms with Crippen LogP contribution in [0.4, 0.5) is 17.1 Å². The van der Waals surface area contributed by atoms with Gasteiger partial charge in [-0.1, -0.05) is 13.8 Å². The van der Waals surface area contributed by atoms with Crippen molar-refractivity contribution in [1.82, 2.24) is 0 Å². The lowest BCUT2D eigenvalue weighted by molar-refractivity contribution is -0.116. The normalized spacial score (nSPS) is 18.3. The molecule has 3 rings (SSSR count). The molecule has 0 spiro atoms. The molecule has 1 amide bonds. The van der Waals surface area contributed by atoms with Crippen molar-refractivity contribution in [2.75, 3.05) is 67.7 Å². The molecule has 1 N–H and O–H groups in total. The van der Waals surface area contributed by atoms with Crippen molar-refractivity contribution in [3.05, 3.63) is 18.2 Å². The van der Waals surface area contributed by atoms with Gasteiger partial charge in [0, 0.05) is 38.3 Å². The van der Waals surface area contributed by atoms with Crippen molar-refractivity contribution < 1.29 is 14.3 Å². The zero-order valence-corrected chi connectivity index (χ0v) is 16.0. The third-order valence-corrected chi connectivity index (χ3v) is 4.93. The zero-order chi connectivity index (χ0) is 18.4. The molecule has 2 fully saturated rings. The Bertz CT molecular complexity index is 594. The largest absolute Gasteiger partial charge is 0.378 e. The Morgan fingerprint density at radius 3 is 2.27 bits per heavy atom. The van der Waals surface area contributed by atoms with Gasteiger partial charge in [-0.15, -0.1) is 0 Å². The van der Waals surface area contributed by atoms with E-state index < -0.39 is 0 Å². The van der Waals surface area contributed by atoms with Crippen molar-refractivity contribution in [2.24, 2.45) is 5.92 Å². The molecular formula is C20H31N3O3. The minimum atomic E-state index is 0.0901. The Morgan fingerprint density at radius 2 is 1.65 bits per heavy atom. The SMILES string of the molecule is CC(C)CCC(=O)Nc1ccc(N2CCOCC2)cc1N1CCOCC1. The van der Waals surface area contributed by atoms with Gasteiger partial charge >= 0.3 is 0 Å². The number of nitrogens with one attached hydrogen (secondary N) is 1. The number of carbonyl (C=O) groups is 1. The van der Waals surface area contributed by atoms with E-state index in [-0.39, 0.29) is 5.91 Å². The molecule has 2 aliphatic heterocycles. The molecule has 1 aromatic rings. The van der Waals surface area contributed by atoms with Crippen LogP contribution in [0.5, 0.6) is 0 Å². The van der Waals surface area contributed by atoms with Crippen molar-refractivity contribution in [3.63, 3.8) is 0 Å². The highest BCUT2D eigenvalue weighted by molar-refractivity contribution is 5.95. The molecule has 1 aromatic carbocycles. The highest BCUT2D eigenvalue weighted by atomic mass is 16.5. The lowest BCUT2D eigenvalue weighted by atomic mass is 10.1. The van der Waals surface area contributed by atoms with E-state index in [0.29, 0.717) is 12.3 Å². The number of benzene rings is 1. The minimum absolute atomic E-state index is 0.0901. The van der Waals surface area contributed by atoms with Crippen LogP contribution < -0.4 is 15.1 Å². The molecule has 2 saturated heterocycles. The minimum Gasteiger partial charge on any atom is -0.378 e. The molecule has 0 aliphatic carbocycles. The van der Waals surface area contributed by atoms with Crippen LogP contribution in [-0.4, -0.2) is 58.5 Å². The maximum atomic E-state index is 12.4. The Morgan fingerprint density at radius 1 is 1.04 bits per heavy atom. The molecule has 0 unspecified atom stereocenters. The molecule has 144 valence electrons. The van der Waals surface area contributed by atoms with E-state index in [4.69, 9.17) is 9.47 Å². The van der Waals surface area contributed by atoms with Gasteiger partial charge in [0.05, 0.1) is 37.8 Å². The highest BCUT2D eigenvalue weighted by Gasteiger charge is 2.19. The second-order valence-corrected chi connectivity index (χ2v) is 7.38. The first kappa shape index (κ1) is 19.0. The van der Waals surface area contributed by atoms with Crippen LogP contribution in [0, 0.1) is 5.92 Å². The Labute approximate surface area is 156 Å². The van der Waals surface area contributed by atoms with Crippen LogP contribution in [-0.2, 0) is 14.3 Å². The standard InChI is InChI=1S/C20H31N3O3/c1-16(2)3-6-20(24)21-18-5-4-17(22-7-11-25-12-8-22)15-19(18)23-9-13-26-14-10-23/h4-5,15-16H,3,6-14H2,1-2H3,(H,21,24). The first-order chi connectivity index (χ1) is 12.6. The number of morpholine rings is 2. The number of rotatable bonds is 6. The molecule has 6 nitrogen and oxygen atoms in total. The van der Waals surface area contributed by atoms with Gasteiger partial charge in [-0.2, -0.15) is 0 Å². The van der Waals surface area contributed by atoms with Crippen LogP contribution >= 0.6 is 0 Å². The zero-order valence-electron chi connectivity index (χ0n) is 16.0. The predicted molar refractivity (Wildman–Crippen MR) is 105 cm³/mol. The molecule has 2 heterocycles. The molecular weight excluding hydrogens is 330 g/mol. The third kappa shape index (κ3) is 5.11. The Hall–Kier alpha value is -1.79. The fraction of sp³-hybridized carbons (Fsp3) is 0.650. The van der Waals surface area contributed by atoms with Crippen molar-refractivity contribution in [3.8, 4) is 0 Å². The van der Waals surface area contributed by atoms with E-state index in [2.05, 4.69) is 41.1 Å². The van der Waals surface area contributed by atoms with E-state index in [1.54, 1.807) is 0 Å². The number of anilines is 3. The van der Waals surface area contributed by atoms with E-state index in [9.17, 15) is 4.79 Å². The topological polar surface area (TPSA) is 54.0 Å². The fourth-order valence-corrected chi connectivity index (χ4v) is 3.34. The van der Waals surface area contributed by atoms with Gasteiger partial charge in [-0.3, -0.25) is 4.79 Å². The van der Waals surface area contributed by atoms with Gasteiger partial charge in [0.25, 0.3) is 0 Å². The number of hydrogen-bond donors (Lipinski definition) is 1. The fourth-order valence-electron chi connectivity index (χ4n) is 3.34. The summed E-state index contributed by atoms with van der Waals surface area (Å²) >= 11 is 0. The van der Waals surface area contributed by atoms with Crippen molar-refractivity contribution in [2.45, 2.75) is 26.7 Å². The van der Waals surface area contributed by atoms with E-state index in [1.165, 1.54) is 5.69 Å². The van der Waals surface area contributed by atoms with Gasteiger partial charge in [0.2, 0.25) is 5.91 Å². The van der Waals surface area contributed by atoms with Crippen LogP contribution in [0.1, 0.15) is 26.7 Å². The summed E-state index contributed by atoms with van der Waals surface area (Å²) in [4.78, 5) is 17.0. The van der Waals surface area contributed by atoms with Gasteiger partial charge in [0.1, 0.15) is 0 Å². The summed E-state index contributed by atoms with van der Waals surface area (Å²) in [6.45, 7) is 10.8. The maximum absolute atomic E-state index is 12.4. The molecule has 0 atom stereocenters. The van der Waals surface area contributed by atoms with E-state index >= 15 is 0 Å². The third-order valence-electron chi connectivity index (χ3n) is 4.93. The van der Waals surface area contributed by atoms with Crippen molar-refractivity contribution in [1.29, 1.82) is 0 Å². The average molecular weight is 361 g/mol. The summed E-state index contributed by atoms with van der Waals surface area (Å²) < 4.78 is 11.0. The van der Waals surface area contributed by atoms with Crippen LogP contribution in [0.2, 0.25) is 0 Å². The number of nitrogens with zero attached hydrogens (tertiary/aromatic N) is 2. The second kappa shape index (κ2) is 9.24. The average Bonchev–Trinajstić information content (AvgIpc) is 2.68. The van der Waals surface area contributed by atoms with Gasteiger partial charge in [-0.05, 0) is 30.5 Å². The van der Waals surface area contributed by atoms with Crippen LogP contribution in [0.15, 0.2) is 18.2 Å². The van der Waals surface area contributed by atoms with Gasteiger partial charge < -0.3 is 24.6 Å². The Kier molecular flexibility index (Phi) is 6.74. The summed E-state index contributed by atoms with van der Waals surface area (Å²) in [5.74, 6) is 0.621. The van der Waals surface area contributed by atoms with Gasteiger partial charge in [-0.25, -0.2) is 0 Å². The van der Waals surface area contributed by atoms with E-state index in [0.717, 1.165) is 70.4 Å². The smallest absolute Gasteiger partial charge is 0.224 e. The van der Waals surface area contributed by atoms with Crippen molar-refractivity contribution >= 4 is 23.0 Å². The molecule has 0 bridgehead atoms. The summed E-state index contributed by atoms with van der Waals surface area (Å²) in [7, 11) is 0. The maximum Gasteiger partial charge on any atom is 0.224 e. The monoisotopic (exact) mass is 361 g/mol.